The lowest BCUT2D eigenvalue weighted by molar-refractivity contribution is -0.383. The summed E-state index contributed by atoms with van der Waals surface area (Å²) in [5.74, 6) is 0. The first-order valence-electron chi connectivity index (χ1n) is 5.34. The predicted molar refractivity (Wildman–Crippen MR) is 74.7 cm³/mol. The summed E-state index contributed by atoms with van der Waals surface area (Å²) in [5, 5.41) is 14.3. The molecule has 0 unspecified atom stereocenters. The zero-order valence-electron chi connectivity index (χ0n) is 9.64. The highest BCUT2D eigenvalue weighted by molar-refractivity contribution is 6.42. The van der Waals surface area contributed by atoms with Gasteiger partial charge in [-0.25, -0.2) is 0 Å². The molecule has 2 rings (SSSR count). The van der Waals surface area contributed by atoms with E-state index in [0.717, 1.165) is 5.56 Å². The normalized spacial score (nSPS) is 10.2. The Morgan fingerprint density at radius 1 is 1.32 bits per heavy atom. The van der Waals surface area contributed by atoms with E-state index in [1.54, 1.807) is 18.5 Å². The zero-order valence-corrected chi connectivity index (χ0v) is 11.1. The molecule has 0 radical (unpaired) electrons. The van der Waals surface area contributed by atoms with Crippen LogP contribution in [-0.2, 0) is 6.54 Å². The van der Waals surface area contributed by atoms with E-state index in [1.807, 2.05) is 6.07 Å². The van der Waals surface area contributed by atoms with Gasteiger partial charge in [0.1, 0.15) is 5.69 Å². The third-order valence-corrected chi connectivity index (χ3v) is 3.16. The number of pyridine rings is 1. The Kier molecular flexibility index (Phi) is 4.19. The van der Waals surface area contributed by atoms with Crippen LogP contribution in [0.2, 0.25) is 10.0 Å². The van der Waals surface area contributed by atoms with Crippen molar-refractivity contribution in [2.75, 3.05) is 5.32 Å². The molecule has 0 aliphatic carbocycles. The molecule has 0 aliphatic heterocycles. The topological polar surface area (TPSA) is 68.1 Å². The van der Waals surface area contributed by atoms with Gasteiger partial charge in [-0.1, -0.05) is 29.3 Å². The van der Waals surface area contributed by atoms with Crippen molar-refractivity contribution >= 4 is 34.6 Å². The van der Waals surface area contributed by atoms with Gasteiger partial charge in [0.05, 0.1) is 15.0 Å². The highest BCUT2D eigenvalue weighted by Gasteiger charge is 2.16. The van der Waals surface area contributed by atoms with Crippen LogP contribution >= 0.6 is 23.2 Å². The highest BCUT2D eigenvalue weighted by Crippen LogP contribution is 2.34. The maximum Gasteiger partial charge on any atom is 0.293 e. The van der Waals surface area contributed by atoms with E-state index in [2.05, 4.69) is 10.3 Å². The molecular weight excluding hydrogens is 289 g/mol. The maximum atomic E-state index is 10.9. The average Bonchev–Trinajstić information content (AvgIpc) is 2.40. The monoisotopic (exact) mass is 297 g/mol. The molecule has 2 aromatic rings. The van der Waals surface area contributed by atoms with E-state index in [1.165, 1.54) is 12.1 Å². The molecule has 0 aliphatic rings. The number of nitro benzene ring substituents is 1. The summed E-state index contributed by atoms with van der Waals surface area (Å²) in [4.78, 5) is 14.4. The SMILES string of the molecule is O=[N+]([O-])c1cc(Cl)c(Cl)cc1NCc1cccnc1. The fraction of sp³-hybridized carbons (Fsp3) is 0.0833. The van der Waals surface area contributed by atoms with Gasteiger partial charge in [0.15, 0.2) is 0 Å². The maximum absolute atomic E-state index is 10.9. The minimum atomic E-state index is -0.506. The van der Waals surface area contributed by atoms with Crippen LogP contribution in [0.25, 0.3) is 0 Å². The fourth-order valence-corrected chi connectivity index (χ4v) is 1.85. The number of nitrogens with one attached hydrogen (secondary N) is 1. The van der Waals surface area contributed by atoms with Gasteiger partial charge < -0.3 is 5.32 Å². The highest BCUT2D eigenvalue weighted by atomic mass is 35.5. The predicted octanol–water partition coefficient (Wildman–Crippen LogP) is 3.91. The van der Waals surface area contributed by atoms with Crippen LogP contribution in [0.5, 0.6) is 0 Å². The first-order valence-corrected chi connectivity index (χ1v) is 6.09. The minimum Gasteiger partial charge on any atom is -0.375 e. The van der Waals surface area contributed by atoms with E-state index in [-0.39, 0.29) is 15.7 Å². The zero-order chi connectivity index (χ0) is 13.8. The van der Waals surface area contributed by atoms with Crippen molar-refractivity contribution in [3.05, 3.63) is 62.4 Å². The number of benzene rings is 1. The molecule has 0 bridgehead atoms. The Balaban J connectivity index is 2.24. The molecule has 1 aromatic carbocycles. The molecule has 1 N–H and O–H groups in total. The number of halogens is 2. The molecule has 98 valence electrons. The van der Waals surface area contributed by atoms with Crippen LogP contribution in [-0.4, -0.2) is 9.91 Å². The van der Waals surface area contributed by atoms with Crippen LogP contribution < -0.4 is 5.32 Å². The summed E-state index contributed by atoms with van der Waals surface area (Å²) in [6.07, 6.45) is 3.33. The summed E-state index contributed by atoms with van der Waals surface area (Å²) >= 11 is 11.6. The Bertz CT molecular complexity index is 605. The summed E-state index contributed by atoms with van der Waals surface area (Å²) in [6.45, 7) is 0.409. The first kappa shape index (κ1) is 13.6. The van der Waals surface area contributed by atoms with E-state index >= 15 is 0 Å². The Hall–Kier alpha value is -1.85. The Labute approximate surface area is 119 Å². The molecule has 0 atom stereocenters. The lowest BCUT2D eigenvalue weighted by Crippen LogP contribution is -2.03. The van der Waals surface area contributed by atoms with Gasteiger partial charge in [0, 0.05) is 25.0 Å². The van der Waals surface area contributed by atoms with Gasteiger partial charge in [0.2, 0.25) is 0 Å². The lowest BCUT2D eigenvalue weighted by atomic mass is 10.2. The smallest absolute Gasteiger partial charge is 0.293 e. The largest absolute Gasteiger partial charge is 0.375 e. The van der Waals surface area contributed by atoms with Crippen molar-refractivity contribution in [2.24, 2.45) is 0 Å². The second-order valence-corrected chi connectivity index (χ2v) is 4.57. The standard InChI is InChI=1S/C12H9Cl2N3O2/c13-9-4-11(12(17(18)19)5-10(9)14)16-7-8-2-1-3-15-6-8/h1-6,16H,7H2. The second kappa shape index (κ2) is 5.86. The van der Waals surface area contributed by atoms with Crippen molar-refractivity contribution in [1.29, 1.82) is 0 Å². The third kappa shape index (κ3) is 3.33. The number of hydrogen-bond acceptors (Lipinski definition) is 4. The third-order valence-electron chi connectivity index (χ3n) is 2.44. The molecular formula is C12H9Cl2N3O2. The number of nitro groups is 1. The molecule has 1 heterocycles. The van der Waals surface area contributed by atoms with Crippen molar-refractivity contribution < 1.29 is 4.92 Å². The number of anilines is 1. The van der Waals surface area contributed by atoms with Crippen molar-refractivity contribution in [3.8, 4) is 0 Å². The minimum absolute atomic E-state index is 0.113. The van der Waals surface area contributed by atoms with E-state index in [4.69, 9.17) is 23.2 Å². The van der Waals surface area contributed by atoms with Crippen LogP contribution in [0.4, 0.5) is 11.4 Å². The molecule has 0 amide bonds. The molecule has 0 saturated carbocycles. The molecule has 0 spiro atoms. The van der Waals surface area contributed by atoms with Gasteiger partial charge in [-0.15, -0.1) is 0 Å². The quantitative estimate of drug-likeness (QED) is 0.686. The average molecular weight is 298 g/mol. The second-order valence-electron chi connectivity index (χ2n) is 3.76. The summed E-state index contributed by atoms with van der Waals surface area (Å²) in [5.41, 5.74) is 1.12. The number of nitrogens with zero attached hydrogens (tertiary/aromatic N) is 2. The van der Waals surface area contributed by atoms with Gasteiger partial charge >= 0.3 is 0 Å². The first-order chi connectivity index (χ1) is 9.08. The lowest BCUT2D eigenvalue weighted by Gasteiger charge is -2.08. The molecule has 1 aromatic heterocycles. The molecule has 0 fully saturated rings. The number of aromatic nitrogens is 1. The van der Waals surface area contributed by atoms with E-state index in [9.17, 15) is 10.1 Å². The van der Waals surface area contributed by atoms with Gasteiger partial charge in [-0.2, -0.15) is 0 Å². The molecule has 5 nitrogen and oxygen atoms in total. The van der Waals surface area contributed by atoms with Crippen LogP contribution in [0.3, 0.4) is 0 Å². The summed E-state index contributed by atoms with van der Waals surface area (Å²) < 4.78 is 0. The number of hydrogen-bond donors (Lipinski definition) is 1. The van der Waals surface area contributed by atoms with Crippen LogP contribution in [0.1, 0.15) is 5.56 Å². The molecule has 19 heavy (non-hydrogen) atoms. The van der Waals surface area contributed by atoms with Crippen molar-refractivity contribution in [2.45, 2.75) is 6.54 Å². The summed E-state index contributed by atoms with van der Waals surface area (Å²) in [7, 11) is 0. The van der Waals surface area contributed by atoms with Gasteiger partial charge in [0.25, 0.3) is 5.69 Å². The Morgan fingerprint density at radius 2 is 2.05 bits per heavy atom. The fourth-order valence-electron chi connectivity index (χ4n) is 1.53. The molecule has 7 heteroatoms. The summed E-state index contributed by atoms with van der Waals surface area (Å²) in [6, 6.07) is 6.33. The van der Waals surface area contributed by atoms with Gasteiger partial charge in [-0.3, -0.25) is 15.1 Å². The van der Waals surface area contributed by atoms with Crippen LogP contribution in [0, 0.1) is 10.1 Å². The van der Waals surface area contributed by atoms with E-state index in [0.29, 0.717) is 12.2 Å². The van der Waals surface area contributed by atoms with E-state index < -0.39 is 4.92 Å². The van der Waals surface area contributed by atoms with Crippen molar-refractivity contribution in [3.63, 3.8) is 0 Å². The molecule has 0 saturated heterocycles. The van der Waals surface area contributed by atoms with Gasteiger partial charge in [-0.05, 0) is 17.7 Å². The van der Waals surface area contributed by atoms with Crippen LogP contribution in [0.15, 0.2) is 36.7 Å². The number of rotatable bonds is 4. The Morgan fingerprint density at radius 3 is 2.68 bits per heavy atom. The van der Waals surface area contributed by atoms with Crippen molar-refractivity contribution in [1.82, 2.24) is 4.98 Å².